The van der Waals surface area contributed by atoms with E-state index in [0.29, 0.717) is 11.9 Å². The highest BCUT2D eigenvalue weighted by atomic mass is 32.2. The van der Waals surface area contributed by atoms with Crippen LogP contribution in [0.15, 0.2) is 0 Å². The normalized spacial score (nSPS) is 27.9. The summed E-state index contributed by atoms with van der Waals surface area (Å²) in [5, 5.41) is 0. The average Bonchev–Trinajstić information content (AvgIpc) is 2.26. The summed E-state index contributed by atoms with van der Waals surface area (Å²) < 4.78 is 11.2. The van der Waals surface area contributed by atoms with Gasteiger partial charge in [-0.1, -0.05) is 0 Å². The SMILES string of the molecule is COC1CCOC2(C1)CN(C(=O)CSC)C2. The molecule has 16 heavy (non-hydrogen) atoms. The summed E-state index contributed by atoms with van der Waals surface area (Å²) in [7, 11) is 1.75. The van der Waals surface area contributed by atoms with Crippen molar-refractivity contribution in [2.45, 2.75) is 24.5 Å². The van der Waals surface area contributed by atoms with E-state index in [2.05, 4.69) is 0 Å². The molecule has 2 saturated heterocycles. The van der Waals surface area contributed by atoms with Crippen LogP contribution in [0.5, 0.6) is 0 Å². The highest BCUT2D eigenvalue weighted by Gasteiger charge is 2.49. The zero-order valence-electron chi connectivity index (χ0n) is 9.90. The number of nitrogens with zero attached hydrogens (tertiary/aromatic N) is 1. The summed E-state index contributed by atoms with van der Waals surface area (Å²) in [5.74, 6) is 0.797. The molecule has 5 heteroatoms. The number of rotatable bonds is 3. The first kappa shape index (κ1) is 12.2. The van der Waals surface area contributed by atoms with Crippen LogP contribution in [0, 0.1) is 0 Å². The maximum atomic E-state index is 11.6. The Kier molecular flexibility index (Phi) is 3.77. The maximum absolute atomic E-state index is 11.6. The van der Waals surface area contributed by atoms with Crippen LogP contribution in [0.3, 0.4) is 0 Å². The van der Waals surface area contributed by atoms with Gasteiger partial charge in [-0.05, 0) is 12.7 Å². The predicted octanol–water partition coefficient (Wildman–Crippen LogP) is 0.756. The van der Waals surface area contributed by atoms with E-state index >= 15 is 0 Å². The van der Waals surface area contributed by atoms with Gasteiger partial charge in [0.2, 0.25) is 5.91 Å². The number of thioether (sulfide) groups is 1. The van der Waals surface area contributed by atoms with Crippen molar-refractivity contribution in [3.63, 3.8) is 0 Å². The van der Waals surface area contributed by atoms with Gasteiger partial charge in [0.05, 0.1) is 24.9 Å². The second kappa shape index (κ2) is 4.94. The predicted molar refractivity (Wildman–Crippen MR) is 63.7 cm³/mol. The third kappa shape index (κ3) is 2.36. The van der Waals surface area contributed by atoms with Crippen LogP contribution in [0.2, 0.25) is 0 Å². The number of hydrogen-bond donors (Lipinski definition) is 0. The molecule has 0 saturated carbocycles. The molecule has 0 bridgehead atoms. The molecule has 0 radical (unpaired) electrons. The third-order valence-electron chi connectivity index (χ3n) is 3.36. The molecular formula is C11H19NO3S. The second-order valence-electron chi connectivity index (χ2n) is 4.56. The number of hydrogen-bond acceptors (Lipinski definition) is 4. The molecule has 4 nitrogen and oxygen atoms in total. The summed E-state index contributed by atoms with van der Waals surface area (Å²) in [6, 6.07) is 0. The molecular weight excluding hydrogens is 226 g/mol. The summed E-state index contributed by atoms with van der Waals surface area (Å²) >= 11 is 1.57. The van der Waals surface area contributed by atoms with E-state index < -0.39 is 0 Å². The van der Waals surface area contributed by atoms with E-state index in [4.69, 9.17) is 9.47 Å². The monoisotopic (exact) mass is 245 g/mol. The van der Waals surface area contributed by atoms with Gasteiger partial charge in [-0.15, -0.1) is 0 Å². The Balaban J connectivity index is 1.83. The largest absolute Gasteiger partial charge is 0.381 e. The Morgan fingerprint density at radius 1 is 1.62 bits per heavy atom. The van der Waals surface area contributed by atoms with Gasteiger partial charge in [-0.3, -0.25) is 4.79 Å². The fraction of sp³-hybridized carbons (Fsp3) is 0.909. The zero-order valence-corrected chi connectivity index (χ0v) is 10.7. The molecule has 0 aromatic rings. The van der Waals surface area contributed by atoms with E-state index in [1.807, 2.05) is 11.2 Å². The van der Waals surface area contributed by atoms with Crippen LogP contribution in [0.4, 0.5) is 0 Å². The zero-order chi connectivity index (χ0) is 11.6. The van der Waals surface area contributed by atoms with Gasteiger partial charge >= 0.3 is 0 Å². The first-order valence-electron chi connectivity index (χ1n) is 5.62. The van der Waals surface area contributed by atoms with Crippen LogP contribution in [-0.4, -0.2) is 61.3 Å². The fourth-order valence-corrected chi connectivity index (χ4v) is 2.87. The highest BCUT2D eigenvalue weighted by molar-refractivity contribution is 7.99. The number of ether oxygens (including phenoxy) is 2. The minimum absolute atomic E-state index is 0.104. The van der Waals surface area contributed by atoms with E-state index in [-0.39, 0.29) is 11.5 Å². The van der Waals surface area contributed by atoms with Crippen molar-refractivity contribution in [1.29, 1.82) is 0 Å². The van der Waals surface area contributed by atoms with Crippen molar-refractivity contribution in [3.8, 4) is 0 Å². The lowest BCUT2D eigenvalue weighted by Gasteiger charge is -2.52. The van der Waals surface area contributed by atoms with Crippen molar-refractivity contribution >= 4 is 17.7 Å². The molecule has 92 valence electrons. The van der Waals surface area contributed by atoms with E-state index in [0.717, 1.165) is 32.5 Å². The van der Waals surface area contributed by atoms with Crippen LogP contribution in [0.1, 0.15) is 12.8 Å². The standard InChI is InChI=1S/C11H19NO3S/c1-14-9-3-4-15-11(5-9)7-12(8-11)10(13)6-16-2/h9H,3-8H2,1-2H3. The lowest BCUT2D eigenvalue weighted by molar-refractivity contribution is -0.197. The van der Waals surface area contributed by atoms with E-state index in [9.17, 15) is 4.79 Å². The Hall–Kier alpha value is -0.260. The topological polar surface area (TPSA) is 38.8 Å². The van der Waals surface area contributed by atoms with Gasteiger partial charge in [0, 0.05) is 20.1 Å². The van der Waals surface area contributed by atoms with Crippen molar-refractivity contribution in [1.82, 2.24) is 4.90 Å². The smallest absolute Gasteiger partial charge is 0.232 e. The third-order valence-corrected chi connectivity index (χ3v) is 3.90. The average molecular weight is 245 g/mol. The highest BCUT2D eigenvalue weighted by Crippen LogP contribution is 2.35. The van der Waals surface area contributed by atoms with Crippen molar-refractivity contribution < 1.29 is 14.3 Å². The van der Waals surface area contributed by atoms with Gasteiger partial charge in [-0.25, -0.2) is 0 Å². The molecule has 2 aliphatic heterocycles. The maximum Gasteiger partial charge on any atom is 0.232 e. The number of methoxy groups -OCH3 is 1. The Bertz CT molecular complexity index is 266. The van der Waals surface area contributed by atoms with Gasteiger partial charge in [-0.2, -0.15) is 11.8 Å². The lowest BCUT2D eigenvalue weighted by atomic mass is 9.84. The van der Waals surface area contributed by atoms with Crippen LogP contribution < -0.4 is 0 Å². The summed E-state index contributed by atoms with van der Waals surface area (Å²) in [6.45, 7) is 2.24. The van der Waals surface area contributed by atoms with Gasteiger partial charge in [0.25, 0.3) is 0 Å². The minimum Gasteiger partial charge on any atom is -0.381 e. The fourth-order valence-electron chi connectivity index (χ4n) is 2.44. The summed E-state index contributed by atoms with van der Waals surface area (Å²) in [5.41, 5.74) is -0.104. The van der Waals surface area contributed by atoms with E-state index in [1.165, 1.54) is 0 Å². The molecule has 0 aromatic heterocycles. The molecule has 0 N–H and O–H groups in total. The molecule has 2 rings (SSSR count). The van der Waals surface area contributed by atoms with Crippen molar-refractivity contribution in [2.24, 2.45) is 0 Å². The number of likely N-dealkylation sites (tertiary alicyclic amines) is 1. The number of amides is 1. The van der Waals surface area contributed by atoms with Gasteiger partial charge in [0.1, 0.15) is 5.60 Å². The van der Waals surface area contributed by atoms with Crippen LogP contribution in [0.25, 0.3) is 0 Å². The van der Waals surface area contributed by atoms with Crippen molar-refractivity contribution in [3.05, 3.63) is 0 Å². The molecule has 1 unspecified atom stereocenters. The van der Waals surface area contributed by atoms with Gasteiger partial charge in [0.15, 0.2) is 0 Å². The molecule has 1 amide bonds. The second-order valence-corrected chi connectivity index (χ2v) is 5.43. The number of carbonyl (C=O) groups is 1. The Labute approximate surface area is 101 Å². The Morgan fingerprint density at radius 3 is 3.00 bits per heavy atom. The summed E-state index contributed by atoms with van der Waals surface area (Å²) in [4.78, 5) is 13.5. The molecule has 0 aromatic carbocycles. The summed E-state index contributed by atoms with van der Waals surface area (Å²) in [6.07, 6.45) is 4.14. The molecule has 0 aliphatic carbocycles. The minimum atomic E-state index is -0.104. The van der Waals surface area contributed by atoms with E-state index in [1.54, 1.807) is 18.9 Å². The van der Waals surface area contributed by atoms with Gasteiger partial charge < -0.3 is 14.4 Å². The molecule has 2 fully saturated rings. The van der Waals surface area contributed by atoms with Crippen LogP contribution >= 0.6 is 11.8 Å². The first-order chi connectivity index (χ1) is 7.69. The molecule has 2 aliphatic rings. The Morgan fingerprint density at radius 2 is 2.38 bits per heavy atom. The van der Waals surface area contributed by atoms with Crippen LogP contribution in [-0.2, 0) is 14.3 Å². The lowest BCUT2D eigenvalue weighted by Crippen LogP contribution is -2.67. The van der Waals surface area contributed by atoms with Crippen molar-refractivity contribution in [2.75, 3.05) is 38.8 Å². The molecule has 2 heterocycles. The first-order valence-corrected chi connectivity index (χ1v) is 7.02. The quantitative estimate of drug-likeness (QED) is 0.736. The number of carbonyl (C=O) groups excluding carboxylic acids is 1. The molecule has 1 spiro atoms. The molecule has 1 atom stereocenters.